The van der Waals surface area contributed by atoms with Crippen molar-refractivity contribution in [2.75, 3.05) is 18.9 Å². The third-order valence-corrected chi connectivity index (χ3v) is 4.62. The molecule has 1 N–H and O–H groups in total. The van der Waals surface area contributed by atoms with Crippen LogP contribution in [-0.4, -0.2) is 44.6 Å². The molecular formula is C20H25N5O4. The molecule has 3 rings (SSSR count). The first kappa shape index (κ1) is 20.4. The average molecular weight is 399 g/mol. The van der Waals surface area contributed by atoms with Crippen molar-refractivity contribution in [3.8, 4) is 0 Å². The number of anilines is 1. The van der Waals surface area contributed by atoms with E-state index in [1.165, 1.54) is 4.90 Å². The summed E-state index contributed by atoms with van der Waals surface area (Å²) in [4.78, 5) is 38.6. The van der Waals surface area contributed by atoms with E-state index in [0.29, 0.717) is 18.1 Å². The van der Waals surface area contributed by atoms with Gasteiger partial charge in [-0.15, -0.1) is 0 Å². The Balaban J connectivity index is 1.63. The molecule has 0 fully saturated rings. The number of rotatable bonds is 8. The van der Waals surface area contributed by atoms with Crippen LogP contribution in [0.1, 0.15) is 25.5 Å². The topological polar surface area (TPSA) is 102 Å². The zero-order valence-electron chi connectivity index (χ0n) is 16.8. The van der Waals surface area contributed by atoms with Gasteiger partial charge in [0.1, 0.15) is 5.76 Å². The molecule has 0 atom stereocenters. The molecule has 9 heteroatoms. The predicted molar refractivity (Wildman–Crippen MR) is 109 cm³/mol. The fraction of sp³-hybridized carbons (Fsp3) is 0.400. The summed E-state index contributed by atoms with van der Waals surface area (Å²) in [7, 11) is 1.55. The van der Waals surface area contributed by atoms with Gasteiger partial charge >= 0.3 is 5.69 Å². The van der Waals surface area contributed by atoms with E-state index < -0.39 is 0 Å². The largest absolute Gasteiger partial charge is 0.360 e. The lowest BCUT2D eigenvalue weighted by Crippen LogP contribution is -2.36. The number of hydrogen-bond donors (Lipinski definition) is 1. The molecule has 9 nitrogen and oxygen atoms in total. The van der Waals surface area contributed by atoms with E-state index >= 15 is 0 Å². The van der Waals surface area contributed by atoms with Crippen LogP contribution in [-0.2, 0) is 22.7 Å². The second kappa shape index (κ2) is 8.76. The Morgan fingerprint density at radius 3 is 2.41 bits per heavy atom. The molecule has 154 valence electrons. The smallest absolute Gasteiger partial charge is 0.329 e. The molecule has 0 spiro atoms. The van der Waals surface area contributed by atoms with Gasteiger partial charge in [0, 0.05) is 32.6 Å². The van der Waals surface area contributed by atoms with E-state index in [9.17, 15) is 14.4 Å². The molecule has 0 unspecified atom stereocenters. The molecule has 0 aliphatic heterocycles. The van der Waals surface area contributed by atoms with Gasteiger partial charge in [-0.25, -0.2) is 4.79 Å². The van der Waals surface area contributed by atoms with Crippen LogP contribution < -0.4 is 11.0 Å². The number of hydrogen-bond acceptors (Lipinski definition) is 5. The Morgan fingerprint density at radius 1 is 1.17 bits per heavy atom. The van der Waals surface area contributed by atoms with Crippen molar-refractivity contribution in [3.05, 3.63) is 46.6 Å². The Kier molecular flexibility index (Phi) is 6.16. The van der Waals surface area contributed by atoms with Gasteiger partial charge in [0.05, 0.1) is 17.6 Å². The van der Waals surface area contributed by atoms with Crippen LogP contribution in [0.3, 0.4) is 0 Å². The summed E-state index contributed by atoms with van der Waals surface area (Å²) >= 11 is 0. The first-order valence-corrected chi connectivity index (χ1v) is 9.56. The van der Waals surface area contributed by atoms with Crippen LogP contribution in [0.4, 0.5) is 5.82 Å². The Bertz CT molecular complexity index is 1080. The van der Waals surface area contributed by atoms with Crippen molar-refractivity contribution < 1.29 is 14.1 Å². The first-order chi connectivity index (χ1) is 13.9. The number of carbonyl (C=O) groups is 2. The quantitative estimate of drug-likeness (QED) is 0.624. The van der Waals surface area contributed by atoms with Crippen molar-refractivity contribution in [1.82, 2.24) is 19.2 Å². The maximum absolute atomic E-state index is 12.8. The van der Waals surface area contributed by atoms with Crippen molar-refractivity contribution in [2.45, 2.75) is 39.8 Å². The molecule has 0 radical (unpaired) electrons. The molecule has 3 aromatic rings. The van der Waals surface area contributed by atoms with E-state index in [1.54, 1.807) is 29.2 Å². The van der Waals surface area contributed by atoms with Gasteiger partial charge < -0.3 is 14.7 Å². The minimum absolute atomic E-state index is 0.114. The second-order valence-corrected chi connectivity index (χ2v) is 6.95. The highest BCUT2D eigenvalue weighted by Gasteiger charge is 2.17. The lowest BCUT2D eigenvalue weighted by molar-refractivity contribution is -0.133. The highest BCUT2D eigenvalue weighted by atomic mass is 16.5. The number of likely N-dealkylation sites (N-methyl/N-ethyl adjacent to an activating group) is 1. The summed E-state index contributed by atoms with van der Waals surface area (Å²) < 4.78 is 8.24. The van der Waals surface area contributed by atoms with Crippen LogP contribution in [0.2, 0.25) is 0 Å². The number of carbonyl (C=O) groups excluding carboxylic acids is 2. The zero-order valence-corrected chi connectivity index (χ0v) is 16.8. The third-order valence-electron chi connectivity index (χ3n) is 4.62. The predicted octanol–water partition coefficient (Wildman–Crippen LogP) is 2.00. The number of nitrogens with zero attached hydrogens (tertiary/aromatic N) is 4. The number of aromatic nitrogens is 3. The fourth-order valence-corrected chi connectivity index (χ4v) is 3.24. The van der Waals surface area contributed by atoms with Crippen LogP contribution in [0.5, 0.6) is 0 Å². The van der Waals surface area contributed by atoms with Gasteiger partial charge in [-0.2, -0.15) is 0 Å². The average Bonchev–Trinajstić information content (AvgIpc) is 3.21. The number of aryl methyl sites for hydroxylation is 3. The molecule has 2 heterocycles. The molecule has 2 aromatic heterocycles. The minimum Gasteiger partial charge on any atom is -0.360 e. The van der Waals surface area contributed by atoms with E-state index in [2.05, 4.69) is 10.5 Å². The molecule has 0 saturated heterocycles. The standard InChI is InChI=1S/C20H25N5O4/c1-4-10-24-15-7-5-6-8-16(15)25(20(24)28)11-9-19(27)23(3)13-18(26)21-17-12-14(2)29-22-17/h5-8,12H,4,9-11,13H2,1-3H3,(H,21,22,26). The number of para-hydroxylation sites is 2. The van der Waals surface area contributed by atoms with Crippen LogP contribution in [0.15, 0.2) is 39.6 Å². The summed E-state index contributed by atoms with van der Waals surface area (Å²) in [6, 6.07) is 9.15. The molecule has 0 aliphatic rings. The highest BCUT2D eigenvalue weighted by Crippen LogP contribution is 2.14. The summed E-state index contributed by atoms with van der Waals surface area (Å²) in [6.07, 6.45) is 0.961. The van der Waals surface area contributed by atoms with Gasteiger partial charge in [0.15, 0.2) is 5.82 Å². The van der Waals surface area contributed by atoms with Crippen molar-refractivity contribution in [1.29, 1.82) is 0 Å². The number of benzene rings is 1. The van der Waals surface area contributed by atoms with Crippen LogP contribution >= 0.6 is 0 Å². The molecule has 29 heavy (non-hydrogen) atoms. The fourth-order valence-electron chi connectivity index (χ4n) is 3.24. The van der Waals surface area contributed by atoms with Gasteiger partial charge in [-0.05, 0) is 25.5 Å². The van der Waals surface area contributed by atoms with Crippen molar-refractivity contribution in [3.63, 3.8) is 0 Å². The van der Waals surface area contributed by atoms with E-state index in [1.807, 2.05) is 31.2 Å². The molecule has 0 saturated carbocycles. The highest BCUT2D eigenvalue weighted by molar-refractivity contribution is 5.93. The Labute approximate surface area is 167 Å². The maximum Gasteiger partial charge on any atom is 0.329 e. The van der Waals surface area contributed by atoms with Crippen molar-refractivity contribution >= 4 is 28.7 Å². The first-order valence-electron chi connectivity index (χ1n) is 9.56. The monoisotopic (exact) mass is 399 g/mol. The van der Waals surface area contributed by atoms with E-state index in [-0.39, 0.29) is 37.0 Å². The summed E-state index contributed by atoms with van der Waals surface area (Å²) in [5.74, 6) is 0.294. The molecule has 0 aliphatic carbocycles. The summed E-state index contributed by atoms with van der Waals surface area (Å²) in [5, 5.41) is 6.27. The molecule has 0 bridgehead atoms. The zero-order chi connectivity index (χ0) is 21.0. The van der Waals surface area contributed by atoms with Crippen LogP contribution in [0, 0.1) is 6.92 Å². The number of nitrogens with one attached hydrogen (secondary N) is 1. The maximum atomic E-state index is 12.8. The third kappa shape index (κ3) is 4.56. The lowest BCUT2D eigenvalue weighted by Gasteiger charge is -2.16. The number of amides is 2. The number of imidazole rings is 1. The Morgan fingerprint density at radius 2 is 1.83 bits per heavy atom. The summed E-state index contributed by atoms with van der Waals surface area (Å²) in [6.45, 7) is 4.50. The number of fused-ring (bicyclic) bond motifs is 1. The van der Waals surface area contributed by atoms with Gasteiger partial charge in [0.25, 0.3) is 0 Å². The van der Waals surface area contributed by atoms with Crippen molar-refractivity contribution in [2.24, 2.45) is 0 Å². The second-order valence-electron chi connectivity index (χ2n) is 6.95. The van der Waals surface area contributed by atoms with Crippen LogP contribution in [0.25, 0.3) is 11.0 Å². The van der Waals surface area contributed by atoms with E-state index in [0.717, 1.165) is 17.5 Å². The van der Waals surface area contributed by atoms with Gasteiger partial charge in [-0.1, -0.05) is 24.2 Å². The SMILES string of the molecule is CCCn1c(=O)n(CCC(=O)N(C)CC(=O)Nc2cc(C)on2)c2ccccc21. The minimum atomic E-state index is -0.370. The Hall–Kier alpha value is -3.36. The molecule has 2 amide bonds. The van der Waals surface area contributed by atoms with Gasteiger partial charge in [0.2, 0.25) is 11.8 Å². The van der Waals surface area contributed by atoms with E-state index in [4.69, 9.17) is 4.52 Å². The lowest BCUT2D eigenvalue weighted by atomic mass is 10.3. The normalized spacial score (nSPS) is 11.0. The van der Waals surface area contributed by atoms with Gasteiger partial charge in [-0.3, -0.25) is 18.7 Å². The summed E-state index contributed by atoms with van der Waals surface area (Å²) in [5.41, 5.74) is 1.55. The molecular weight excluding hydrogens is 374 g/mol. The molecule has 1 aromatic carbocycles.